The zero-order valence-corrected chi connectivity index (χ0v) is 11.8. The summed E-state index contributed by atoms with van der Waals surface area (Å²) < 4.78 is 0. The van der Waals surface area contributed by atoms with Gasteiger partial charge in [-0.05, 0) is 45.1 Å². The minimum Gasteiger partial charge on any atom is -0.390 e. The second kappa shape index (κ2) is 5.27. The lowest BCUT2D eigenvalue weighted by atomic mass is 9.73. The minimum atomic E-state index is -0.350. The Bertz CT molecular complexity index is 237. The molecule has 2 atom stereocenters. The van der Waals surface area contributed by atoms with Crippen molar-refractivity contribution in [2.75, 3.05) is 7.05 Å². The van der Waals surface area contributed by atoms with Crippen LogP contribution in [0.1, 0.15) is 65.2 Å². The van der Waals surface area contributed by atoms with Gasteiger partial charge in [0.2, 0.25) is 0 Å². The summed E-state index contributed by atoms with van der Waals surface area (Å²) in [6, 6.07) is 1.29. The predicted octanol–water partition coefficient (Wildman–Crippen LogP) is 3.19. The van der Waals surface area contributed by atoms with Crippen LogP contribution in [0.5, 0.6) is 0 Å². The molecular weight excluding hydrogens is 210 g/mol. The Hall–Kier alpha value is -0.0800. The van der Waals surface area contributed by atoms with E-state index in [1.807, 2.05) is 0 Å². The van der Waals surface area contributed by atoms with E-state index < -0.39 is 0 Å². The highest BCUT2D eigenvalue weighted by atomic mass is 16.3. The van der Waals surface area contributed by atoms with Crippen molar-refractivity contribution in [1.29, 1.82) is 0 Å². The van der Waals surface area contributed by atoms with E-state index >= 15 is 0 Å². The summed E-state index contributed by atoms with van der Waals surface area (Å²) in [5.41, 5.74) is -0.350. The second-order valence-corrected chi connectivity index (χ2v) is 6.82. The van der Waals surface area contributed by atoms with Crippen molar-refractivity contribution in [1.82, 2.24) is 4.90 Å². The first-order valence-corrected chi connectivity index (χ1v) is 7.44. The Morgan fingerprint density at radius 2 is 1.82 bits per heavy atom. The van der Waals surface area contributed by atoms with Crippen LogP contribution in [-0.4, -0.2) is 34.7 Å². The Labute approximate surface area is 106 Å². The number of hydrogen-bond acceptors (Lipinski definition) is 2. The molecule has 0 radical (unpaired) electrons. The molecule has 2 saturated heterocycles. The first kappa shape index (κ1) is 13.4. The predicted molar refractivity (Wildman–Crippen MR) is 72.1 cm³/mol. The van der Waals surface area contributed by atoms with Gasteiger partial charge in [-0.2, -0.15) is 0 Å². The highest BCUT2D eigenvalue weighted by Gasteiger charge is 2.43. The summed E-state index contributed by atoms with van der Waals surface area (Å²) in [5.74, 6) is 0.768. The average molecular weight is 239 g/mol. The molecule has 0 amide bonds. The van der Waals surface area contributed by atoms with E-state index in [0.717, 1.165) is 25.2 Å². The molecule has 2 fully saturated rings. The first-order chi connectivity index (χ1) is 8.00. The summed E-state index contributed by atoms with van der Waals surface area (Å²) in [4.78, 5) is 2.53. The van der Waals surface area contributed by atoms with Gasteiger partial charge in [0, 0.05) is 12.1 Å². The SMILES string of the molecule is CC(C)CCCC1(O)CC2CCCC(C1)N2C. The third-order valence-corrected chi connectivity index (χ3v) is 4.88. The van der Waals surface area contributed by atoms with Crippen molar-refractivity contribution in [2.45, 2.75) is 82.9 Å². The molecule has 2 aliphatic rings. The molecule has 1 N–H and O–H groups in total. The van der Waals surface area contributed by atoms with Gasteiger partial charge in [0.25, 0.3) is 0 Å². The fourth-order valence-electron chi connectivity index (χ4n) is 3.79. The molecule has 0 aliphatic carbocycles. The van der Waals surface area contributed by atoms with Gasteiger partial charge in [-0.1, -0.05) is 33.1 Å². The van der Waals surface area contributed by atoms with Crippen molar-refractivity contribution in [3.8, 4) is 0 Å². The van der Waals surface area contributed by atoms with Crippen LogP contribution < -0.4 is 0 Å². The molecule has 2 heterocycles. The molecule has 2 bridgehead atoms. The number of piperidine rings is 2. The van der Waals surface area contributed by atoms with Gasteiger partial charge in [-0.25, -0.2) is 0 Å². The number of hydrogen-bond donors (Lipinski definition) is 1. The van der Waals surface area contributed by atoms with Gasteiger partial charge >= 0.3 is 0 Å². The Morgan fingerprint density at radius 1 is 1.24 bits per heavy atom. The summed E-state index contributed by atoms with van der Waals surface area (Å²) in [7, 11) is 2.25. The van der Waals surface area contributed by atoms with Crippen LogP contribution in [0.25, 0.3) is 0 Å². The zero-order chi connectivity index (χ0) is 12.5. The molecule has 2 aliphatic heterocycles. The molecule has 0 aromatic rings. The van der Waals surface area contributed by atoms with E-state index in [-0.39, 0.29) is 5.60 Å². The lowest BCUT2D eigenvalue weighted by Gasteiger charge is -2.50. The Balaban J connectivity index is 1.88. The van der Waals surface area contributed by atoms with Gasteiger partial charge in [0.15, 0.2) is 0 Å². The molecule has 0 saturated carbocycles. The highest BCUT2D eigenvalue weighted by molar-refractivity contribution is 4.98. The summed E-state index contributed by atoms with van der Waals surface area (Å²) in [5, 5.41) is 10.8. The van der Waals surface area contributed by atoms with Crippen molar-refractivity contribution in [2.24, 2.45) is 5.92 Å². The van der Waals surface area contributed by atoms with E-state index in [2.05, 4.69) is 25.8 Å². The standard InChI is InChI=1S/C15H29NO/c1-12(2)6-5-9-15(17)10-13-7-4-8-14(11-15)16(13)3/h12-14,17H,4-11H2,1-3H3. The molecule has 0 spiro atoms. The van der Waals surface area contributed by atoms with Gasteiger partial charge < -0.3 is 10.0 Å². The van der Waals surface area contributed by atoms with Gasteiger partial charge in [0.05, 0.1) is 5.60 Å². The molecule has 0 aromatic heterocycles. The van der Waals surface area contributed by atoms with Crippen molar-refractivity contribution >= 4 is 0 Å². The van der Waals surface area contributed by atoms with Crippen molar-refractivity contribution in [3.05, 3.63) is 0 Å². The maximum absolute atomic E-state index is 10.8. The lowest BCUT2D eigenvalue weighted by molar-refractivity contribution is -0.0881. The van der Waals surface area contributed by atoms with Crippen LogP contribution in [0.4, 0.5) is 0 Å². The van der Waals surface area contributed by atoms with E-state index in [1.165, 1.54) is 32.1 Å². The topological polar surface area (TPSA) is 23.5 Å². The Kier molecular flexibility index (Phi) is 4.14. The summed E-state index contributed by atoms with van der Waals surface area (Å²) in [6.45, 7) is 4.54. The molecule has 2 rings (SSSR count). The maximum atomic E-state index is 10.8. The molecule has 0 aromatic carbocycles. The maximum Gasteiger partial charge on any atom is 0.0677 e. The number of rotatable bonds is 4. The molecular formula is C15H29NO. The first-order valence-electron chi connectivity index (χ1n) is 7.44. The fraction of sp³-hybridized carbons (Fsp3) is 1.00. The molecule has 2 unspecified atom stereocenters. The zero-order valence-electron chi connectivity index (χ0n) is 11.8. The number of aliphatic hydroxyl groups is 1. The van der Waals surface area contributed by atoms with E-state index in [1.54, 1.807) is 0 Å². The number of nitrogens with zero attached hydrogens (tertiary/aromatic N) is 1. The molecule has 2 nitrogen and oxygen atoms in total. The number of fused-ring (bicyclic) bond motifs is 2. The van der Waals surface area contributed by atoms with Crippen LogP contribution in [-0.2, 0) is 0 Å². The second-order valence-electron chi connectivity index (χ2n) is 6.82. The normalized spacial score (nSPS) is 38.6. The smallest absolute Gasteiger partial charge is 0.0677 e. The van der Waals surface area contributed by atoms with Crippen molar-refractivity contribution < 1.29 is 5.11 Å². The summed E-state index contributed by atoms with van der Waals surface area (Å²) in [6.07, 6.45) is 9.44. The van der Waals surface area contributed by atoms with Gasteiger partial charge in [-0.3, -0.25) is 0 Å². The van der Waals surface area contributed by atoms with Crippen LogP contribution in [0, 0.1) is 5.92 Å². The van der Waals surface area contributed by atoms with Gasteiger partial charge in [-0.15, -0.1) is 0 Å². The molecule has 2 heteroatoms. The third-order valence-electron chi connectivity index (χ3n) is 4.88. The molecule has 100 valence electrons. The average Bonchev–Trinajstić information content (AvgIpc) is 2.20. The monoisotopic (exact) mass is 239 g/mol. The van der Waals surface area contributed by atoms with Crippen LogP contribution in [0.2, 0.25) is 0 Å². The van der Waals surface area contributed by atoms with Crippen LogP contribution >= 0.6 is 0 Å². The summed E-state index contributed by atoms with van der Waals surface area (Å²) >= 11 is 0. The van der Waals surface area contributed by atoms with E-state index in [0.29, 0.717) is 12.1 Å². The van der Waals surface area contributed by atoms with Crippen LogP contribution in [0.3, 0.4) is 0 Å². The Morgan fingerprint density at radius 3 is 2.35 bits per heavy atom. The lowest BCUT2D eigenvalue weighted by Crippen LogP contribution is -2.56. The quantitative estimate of drug-likeness (QED) is 0.814. The largest absolute Gasteiger partial charge is 0.390 e. The highest BCUT2D eigenvalue weighted by Crippen LogP contribution is 2.40. The minimum absolute atomic E-state index is 0.350. The van der Waals surface area contributed by atoms with Gasteiger partial charge in [0.1, 0.15) is 0 Å². The van der Waals surface area contributed by atoms with Crippen molar-refractivity contribution in [3.63, 3.8) is 0 Å². The van der Waals surface area contributed by atoms with E-state index in [4.69, 9.17) is 0 Å². The van der Waals surface area contributed by atoms with Crippen LogP contribution in [0.15, 0.2) is 0 Å². The third kappa shape index (κ3) is 3.23. The van der Waals surface area contributed by atoms with E-state index in [9.17, 15) is 5.11 Å². The fourth-order valence-corrected chi connectivity index (χ4v) is 3.79. The molecule has 17 heavy (non-hydrogen) atoms.